The number of nitrogens with zero attached hydrogens (tertiary/aromatic N) is 1. The standard InChI is InChI=1S/C18H18F4N2O2/c1-24(10-11-26-16-8-4-14(19)5-9-16)12-17(25)23-15-6-2-13(3-7-15)18(20,21)22/h2-9H,10-12H2,1H3,(H,23,25). The first kappa shape index (κ1) is 19.7. The van der Waals surface area contributed by atoms with E-state index in [2.05, 4.69) is 5.32 Å². The van der Waals surface area contributed by atoms with Gasteiger partial charge in [0.2, 0.25) is 5.91 Å². The molecule has 0 heterocycles. The number of nitrogens with one attached hydrogen (secondary N) is 1. The van der Waals surface area contributed by atoms with Gasteiger partial charge in [0.15, 0.2) is 0 Å². The molecule has 0 aliphatic carbocycles. The first-order valence-electron chi connectivity index (χ1n) is 7.78. The van der Waals surface area contributed by atoms with Gasteiger partial charge in [0.05, 0.1) is 12.1 Å². The van der Waals surface area contributed by atoms with E-state index in [1.807, 2.05) is 0 Å². The molecule has 0 atom stereocenters. The van der Waals surface area contributed by atoms with Crippen molar-refractivity contribution in [2.45, 2.75) is 6.18 Å². The minimum Gasteiger partial charge on any atom is -0.492 e. The van der Waals surface area contributed by atoms with E-state index in [0.29, 0.717) is 24.6 Å². The molecule has 2 rings (SSSR count). The molecule has 0 saturated heterocycles. The van der Waals surface area contributed by atoms with Gasteiger partial charge in [-0.1, -0.05) is 0 Å². The molecule has 0 aliphatic rings. The lowest BCUT2D eigenvalue weighted by Gasteiger charge is -2.17. The number of benzene rings is 2. The number of anilines is 1. The van der Waals surface area contributed by atoms with Crippen molar-refractivity contribution >= 4 is 11.6 Å². The first-order chi connectivity index (χ1) is 12.2. The fraction of sp³-hybridized carbons (Fsp3) is 0.278. The van der Waals surface area contributed by atoms with Crippen LogP contribution < -0.4 is 10.1 Å². The molecule has 1 N–H and O–H groups in total. The van der Waals surface area contributed by atoms with Crippen molar-refractivity contribution in [1.82, 2.24) is 4.90 Å². The molecule has 0 spiro atoms. The third kappa shape index (κ3) is 6.36. The predicted octanol–water partition coefficient (Wildman–Crippen LogP) is 3.79. The summed E-state index contributed by atoms with van der Waals surface area (Å²) in [5.41, 5.74) is -0.482. The molecular formula is C18H18F4N2O2. The maximum atomic E-state index is 12.8. The zero-order valence-corrected chi connectivity index (χ0v) is 14.0. The maximum absolute atomic E-state index is 12.8. The Bertz CT molecular complexity index is 715. The zero-order valence-electron chi connectivity index (χ0n) is 14.0. The van der Waals surface area contributed by atoms with Gasteiger partial charge in [-0.25, -0.2) is 4.39 Å². The van der Waals surface area contributed by atoms with Gasteiger partial charge in [-0.05, 0) is 55.6 Å². The van der Waals surface area contributed by atoms with Crippen molar-refractivity contribution in [2.75, 3.05) is 32.1 Å². The average Bonchev–Trinajstić information content (AvgIpc) is 2.56. The van der Waals surface area contributed by atoms with Gasteiger partial charge in [-0.3, -0.25) is 9.69 Å². The van der Waals surface area contributed by atoms with Crippen LogP contribution in [0.25, 0.3) is 0 Å². The highest BCUT2D eigenvalue weighted by Crippen LogP contribution is 2.29. The molecule has 0 fully saturated rings. The highest BCUT2D eigenvalue weighted by atomic mass is 19.4. The number of alkyl halides is 3. The lowest BCUT2D eigenvalue weighted by atomic mass is 10.2. The molecule has 0 radical (unpaired) electrons. The van der Waals surface area contributed by atoms with Crippen LogP contribution in [0.2, 0.25) is 0 Å². The molecule has 140 valence electrons. The van der Waals surface area contributed by atoms with E-state index in [0.717, 1.165) is 12.1 Å². The third-order valence-corrected chi connectivity index (χ3v) is 3.46. The molecule has 0 saturated carbocycles. The van der Waals surface area contributed by atoms with E-state index in [4.69, 9.17) is 4.74 Å². The van der Waals surface area contributed by atoms with Crippen LogP contribution in [0.3, 0.4) is 0 Å². The van der Waals surface area contributed by atoms with Crippen LogP contribution >= 0.6 is 0 Å². The fourth-order valence-electron chi connectivity index (χ4n) is 2.12. The summed E-state index contributed by atoms with van der Waals surface area (Å²) in [5.74, 6) is -0.183. The second kappa shape index (κ2) is 8.66. The molecule has 8 heteroatoms. The Morgan fingerprint density at radius 3 is 2.27 bits per heavy atom. The molecule has 4 nitrogen and oxygen atoms in total. The normalized spacial score (nSPS) is 11.5. The summed E-state index contributed by atoms with van der Waals surface area (Å²) in [7, 11) is 1.71. The molecule has 2 aromatic carbocycles. The third-order valence-electron chi connectivity index (χ3n) is 3.46. The largest absolute Gasteiger partial charge is 0.492 e. The second-order valence-electron chi connectivity index (χ2n) is 5.66. The zero-order chi connectivity index (χ0) is 19.2. The topological polar surface area (TPSA) is 41.6 Å². The molecule has 1 amide bonds. The van der Waals surface area contributed by atoms with Crippen LogP contribution in [0.4, 0.5) is 23.2 Å². The van der Waals surface area contributed by atoms with Crippen LogP contribution in [-0.4, -0.2) is 37.6 Å². The van der Waals surface area contributed by atoms with Crippen LogP contribution in [0.5, 0.6) is 5.75 Å². The summed E-state index contributed by atoms with van der Waals surface area (Å²) in [5, 5.41) is 2.54. The first-order valence-corrected chi connectivity index (χ1v) is 7.78. The summed E-state index contributed by atoms with van der Waals surface area (Å²) < 4.78 is 55.7. The number of halogens is 4. The molecule has 0 bridgehead atoms. The smallest absolute Gasteiger partial charge is 0.416 e. The fourth-order valence-corrected chi connectivity index (χ4v) is 2.12. The monoisotopic (exact) mass is 370 g/mol. The summed E-state index contributed by atoms with van der Waals surface area (Å²) in [6.45, 7) is 0.793. The summed E-state index contributed by atoms with van der Waals surface area (Å²) >= 11 is 0. The lowest BCUT2D eigenvalue weighted by Crippen LogP contribution is -2.33. The van der Waals surface area contributed by atoms with E-state index in [-0.39, 0.29) is 18.3 Å². The minimum absolute atomic E-state index is 0.0494. The van der Waals surface area contributed by atoms with Crippen LogP contribution in [0.15, 0.2) is 48.5 Å². The van der Waals surface area contributed by atoms with Gasteiger partial charge in [-0.2, -0.15) is 13.2 Å². The molecular weight excluding hydrogens is 352 g/mol. The van der Waals surface area contributed by atoms with E-state index >= 15 is 0 Å². The Balaban J connectivity index is 1.73. The van der Waals surface area contributed by atoms with E-state index in [9.17, 15) is 22.4 Å². The molecule has 0 aliphatic heterocycles. The van der Waals surface area contributed by atoms with E-state index in [1.165, 1.54) is 36.4 Å². The van der Waals surface area contributed by atoms with Crippen LogP contribution in [0.1, 0.15) is 5.56 Å². The van der Waals surface area contributed by atoms with Crippen molar-refractivity contribution < 1.29 is 27.1 Å². The number of ether oxygens (including phenoxy) is 1. The van der Waals surface area contributed by atoms with E-state index < -0.39 is 11.7 Å². The Kier molecular flexibility index (Phi) is 6.57. The quantitative estimate of drug-likeness (QED) is 0.754. The van der Waals surface area contributed by atoms with Crippen molar-refractivity contribution in [1.29, 1.82) is 0 Å². The van der Waals surface area contributed by atoms with Gasteiger partial charge in [-0.15, -0.1) is 0 Å². The van der Waals surface area contributed by atoms with Crippen molar-refractivity contribution in [2.24, 2.45) is 0 Å². The van der Waals surface area contributed by atoms with Gasteiger partial charge in [0.25, 0.3) is 0 Å². The Hall–Kier alpha value is -2.61. The number of likely N-dealkylation sites (N-methyl/N-ethyl adjacent to an activating group) is 1. The number of amides is 1. The minimum atomic E-state index is -4.41. The van der Waals surface area contributed by atoms with Crippen molar-refractivity contribution in [3.63, 3.8) is 0 Å². The summed E-state index contributed by atoms with van der Waals surface area (Å²) in [6, 6.07) is 9.83. The number of hydrogen-bond acceptors (Lipinski definition) is 3. The van der Waals surface area contributed by atoms with Crippen molar-refractivity contribution in [3.05, 3.63) is 59.9 Å². The van der Waals surface area contributed by atoms with Crippen LogP contribution in [0, 0.1) is 5.82 Å². The summed E-state index contributed by atoms with van der Waals surface area (Å²) in [4.78, 5) is 13.6. The van der Waals surface area contributed by atoms with Gasteiger partial charge >= 0.3 is 6.18 Å². The highest BCUT2D eigenvalue weighted by molar-refractivity contribution is 5.92. The predicted molar refractivity (Wildman–Crippen MR) is 89.5 cm³/mol. The average molecular weight is 370 g/mol. The number of carbonyl (C=O) groups is 1. The second-order valence-corrected chi connectivity index (χ2v) is 5.66. The molecule has 26 heavy (non-hydrogen) atoms. The van der Waals surface area contributed by atoms with Gasteiger partial charge < -0.3 is 10.1 Å². The Morgan fingerprint density at radius 1 is 1.08 bits per heavy atom. The van der Waals surface area contributed by atoms with E-state index in [1.54, 1.807) is 11.9 Å². The highest BCUT2D eigenvalue weighted by Gasteiger charge is 2.29. The number of carbonyl (C=O) groups excluding carboxylic acids is 1. The number of hydrogen-bond donors (Lipinski definition) is 1. The SMILES string of the molecule is CN(CCOc1ccc(F)cc1)CC(=O)Nc1ccc(C(F)(F)F)cc1. The Labute approximate surface area is 148 Å². The van der Waals surface area contributed by atoms with Gasteiger partial charge in [0, 0.05) is 12.2 Å². The lowest BCUT2D eigenvalue weighted by molar-refractivity contribution is -0.137. The summed E-state index contributed by atoms with van der Waals surface area (Å²) in [6.07, 6.45) is -4.41. The molecule has 0 aromatic heterocycles. The van der Waals surface area contributed by atoms with Gasteiger partial charge in [0.1, 0.15) is 18.2 Å². The molecule has 2 aromatic rings. The molecule has 0 unspecified atom stereocenters. The van der Waals surface area contributed by atoms with Crippen molar-refractivity contribution in [3.8, 4) is 5.75 Å². The Morgan fingerprint density at radius 2 is 1.69 bits per heavy atom. The maximum Gasteiger partial charge on any atom is 0.416 e. The van der Waals surface area contributed by atoms with Crippen LogP contribution in [-0.2, 0) is 11.0 Å². The number of rotatable bonds is 7.